The highest BCUT2D eigenvalue weighted by molar-refractivity contribution is 9.10. The maximum atomic E-state index is 6.32. The number of aryl methyl sites for hydroxylation is 1. The summed E-state index contributed by atoms with van der Waals surface area (Å²) >= 11 is 9.87. The third-order valence-corrected chi connectivity index (χ3v) is 4.25. The van der Waals surface area contributed by atoms with Gasteiger partial charge in [-0.3, -0.25) is 0 Å². The van der Waals surface area contributed by atoms with Crippen LogP contribution in [-0.2, 0) is 12.8 Å². The highest BCUT2D eigenvalue weighted by Crippen LogP contribution is 2.28. The topological polar surface area (TPSA) is 0 Å². The summed E-state index contributed by atoms with van der Waals surface area (Å²) in [4.78, 5) is 0. The van der Waals surface area contributed by atoms with Crippen LogP contribution >= 0.6 is 27.5 Å². The molecule has 0 aliphatic heterocycles. The van der Waals surface area contributed by atoms with Crippen molar-refractivity contribution in [3.05, 3.63) is 74.7 Å². The molecule has 19 heavy (non-hydrogen) atoms. The van der Waals surface area contributed by atoms with Gasteiger partial charge in [0.25, 0.3) is 0 Å². The molecule has 0 saturated carbocycles. The van der Waals surface area contributed by atoms with E-state index in [-0.39, 0.29) is 0 Å². The van der Waals surface area contributed by atoms with E-state index in [1.165, 1.54) is 11.1 Å². The molecular weight excluding hydrogens is 320 g/mol. The highest BCUT2D eigenvalue weighted by atomic mass is 79.9. The zero-order chi connectivity index (χ0) is 13.8. The Hall–Kier alpha value is -1.05. The van der Waals surface area contributed by atoms with Crippen LogP contribution in [0.3, 0.4) is 0 Å². The Bertz CT molecular complexity index is 585. The lowest BCUT2D eigenvalue weighted by Crippen LogP contribution is -1.92. The van der Waals surface area contributed by atoms with Gasteiger partial charge in [0, 0.05) is 9.50 Å². The van der Waals surface area contributed by atoms with Crippen LogP contribution in [0.1, 0.15) is 29.2 Å². The molecule has 0 spiro atoms. The van der Waals surface area contributed by atoms with E-state index in [9.17, 15) is 0 Å². The third-order valence-electron chi connectivity index (χ3n) is 3.21. The summed E-state index contributed by atoms with van der Waals surface area (Å²) < 4.78 is 1.03. The zero-order valence-corrected chi connectivity index (χ0v) is 13.3. The van der Waals surface area contributed by atoms with Crippen molar-refractivity contribution < 1.29 is 0 Å². The Morgan fingerprint density at radius 3 is 2.37 bits per heavy atom. The molecule has 0 amide bonds. The first-order chi connectivity index (χ1) is 9.13. The maximum Gasteiger partial charge on any atom is 0.0448 e. The van der Waals surface area contributed by atoms with Gasteiger partial charge >= 0.3 is 0 Å². The standard InChI is InChI=1S/C17H16BrCl/c1-3-12-5-7-13(8-6-12)9-15-10-16(18)14(4-2)11-17(15)19/h4-8,10-11H,2-3,9H2,1H3. The van der Waals surface area contributed by atoms with Crippen molar-refractivity contribution in [2.24, 2.45) is 0 Å². The SMILES string of the molecule is C=Cc1cc(Cl)c(Cc2ccc(CC)cc2)cc1Br. The summed E-state index contributed by atoms with van der Waals surface area (Å²) in [6, 6.07) is 12.7. The van der Waals surface area contributed by atoms with Gasteiger partial charge in [-0.1, -0.05) is 71.4 Å². The zero-order valence-electron chi connectivity index (χ0n) is 10.9. The number of hydrogen-bond acceptors (Lipinski definition) is 0. The van der Waals surface area contributed by atoms with Crippen molar-refractivity contribution in [1.29, 1.82) is 0 Å². The van der Waals surface area contributed by atoms with Crippen LogP contribution in [0, 0.1) is 0 Å². The molecule has 0 saturated heterocycles. The average molecular weight is 336 g/mol. The van der Waals surface area contributed by atoms with Crippen molar-refractivity contribution in [3.8, 4) is 0 Å². The number of hydrogen-bond donors (Lipinski definition) is 0. The Morgan fingerprint density at radius 1 is 1.16 bits per heavy atom. The van der Waals surface area contributed by atoms with Crippen molar-refractivity contribution in [3.63, 3.8) is 0 Å². The van der Waals surface area contributed by atoms with Gasteiger partial charge in [-0.2, -0.15) is 0 Å². The van der Waals surface area contributed by atoms with Gasteiger partial charge < -0.3 is 0 Å². The molecule has 0 nitrogen and oxygen atoms in total. The molecule has 2 rings (SSSR count). The summed E-state index contributed by atoms with van der Waals surface area (Å²) in [6.07, 6.45) is 3.72. The summed E-state index contributed by atoms with van der Waals surface area (Å²) in [5, 5.41) is 0.790. The van der Waals surface area contributed by atoms with Crippen LogP contribution in [0.15, 0.2) is 47.4 Å². The molecule has 2 aromatic carbocycles. The molecule has 0 aliphatic rings. The lowest BCUT2D eigenvalue weighted by Gasteiger charge is -2.08. The van der Waals surface area contributed by atoms with Crippen LogP contribution in [0.4, 0.5) is 0 Å². The summed E-state index contributed by atoms with van der Waals surface area (Å²) in [6.45, 7) is 5.94. The Morgan fingerprint density at radius 2 is 1.79 bits per heavy atom. The fourth-order valence-corrected chi connectivity index (χ4v) is 2.80. The van der Waals surface area contributed by atoms with E-state index in [0.717, 1.165) is 33.5 Å². The minimum Gasteiger partial charge on any atom is -0.0984 e. The van der Waals surface area contributed by atoms with Crippen molar-refractivity contribution in [1.82, 2.24) is 0 Å². The molecule has 0 bridgehead atoms. The van der Waals surface area contributed by atoms with Gasteiger partial charge in [0.2, 0.25) is 0 Å². The fraction of sp³-hybridized carbons (Fsp3) is 0.176. The van der Waals surface area contributed by atoms with Crippen LogP contribution in [0.2, 0.25) is 5.02 Å². The predicted molar refractivity (Wildman–Crippen MR) is 87.9 cm³/mol. The summed E-state index contributed by atoms with van der Waals surface area (Å²) in [5.41, 5.74) is 4.79. The van der Waals surface area contributed by atoms with Gasteiger partial charge in [-0.25, -0.2) is 0 Å². The molecule has 0 N–H and O–H groups in total. The Balaban J connectivity index is 2.27. The number of halogens is 2. The Kier molecular flexibility index (Phi) is 4.84. The van der Waals surface area contributed by atoms with E-state index in [0.29, 0.717) is 0 Å². The first-order valence-electron chi connectivity index (χ1n) is 6.32. The molecule has 0 radical (unpaired) electrons. The van der Waals surface area contributed by atoms with E-state index in [2.05, 4.69) is 59.8 Å². The third kappa shape index (κ3) is 3.49. The molecule has 0 atom stereocenters. The summed E-state index contributed by atoms with van der Waals surface area (Å²) in [5.74, 6) is 0. The maximum absolute atomic E-state index is 6.32. The normalized spacial score (nSPS) is 10.5. The van der Waals surface area contributed by atoms with E-state index < -0.39 is 0 Å². The second-order valence-electron chi connectivity index (χ2n) is 4.52. The van der Waals surface area contributed by atoms with Crippen molar-refractivity contribution >= 4 is 33.6 Å². The van der Waals surface area contributed by atoms with Gasteiger partial charge in [-0.05, 0) is 47.2 Å². The van der Waals surface area contributed by atoms with Crippen LogP contribution < -0.4 is 0 Å². The molecule has 0 unspecified atom stereocenters. The molecular formula is C17H16BrCl. The molecule has 2 aromatic rings. The number of benzene rings is 2. The van der Waals surface area contributed by atoms with E-state index in [1.54, 1.807) is 6.08 Å². The summed E-state index contributed by atoms with van der Waals surface area (Å²) in [7, 11) is 0. The second kappa shape index (κ2) is 6.40. The van der Waals surface area contributed by atoms with Crippen molar-refractivity contribution in [2.45, 2.75) is 19.8 Å². The molecule has 0 aliphatic carbocycles. The fourth-order valence-electron chi connectivity index (χ4n) is 2.01. The molecule has 0 aromatic heterocycles. The Labute approximate surface area is 128 Å². The molecule has 0 heterocycles. The van der Waals surface area contributed by atoms with Gasteiger partial charge in [0.05, 0.1) is 0 Å². The first-order valence-corrected chi connectivity index (χ1v) is 7.49. The highest BCUT2D eigenvalue weighted by Gasteiger charge is 2.06. The second-order valence-corrected chi connectivity index (χ2v) is 5.78. The quantitative estimate of drug-likeness (QED) is 0.652. The smallest absolute Gasteiger partial charge is 0.0448 e. The van der Waals surface area contributed by atoms with E-state index >= 15 is 0 Å². The van der Waals surface area contributed by atoms with Crippen LogP contribution in [-0.4, -0.2) is 0 Å². The van der Waals surface area contributed by atoms with Crippen LogP contribution in [0.25, 0.3) is 6.08 Å². The van der Waals surface area contributed by atoms with Gasteiger partial charge in [0.15, 0.2) is 0 Å². The number of rotatable bonds is 4. The lowest BCUT2D eigenvalue weighted by atomic mass is 10.0. The minimum absolute atomic E-state index is 0.790. The van der Waals surface area contributed by atoms with E-state index in [4.69, 9.17) is 11.6 Å². The van der Waals surface area contributed by atoms with Crippen LogP contribution in [0.5, 0.6) is 0 Å². The van der Waals surface area contributed by atoms with Gasteiger partial charge in [-0.15, -0.1) is 0 Å². The van der Waals surface area contributed by atoms with E-state index in [1.807, 2.05) is 6.07 Å². The lowest BCUT2D eigenvalue weighted by molar-refractivity contribution is 1.12. The molecule has 98 valence electrons. The van der Waals surface area contributed by atoms with Gasteiger partial charge in [0.1, 0.15) is 0 Å². The monoisotopic (exact) mass is 334 g/mol. The first kappa shape index (κ1) is 14.4. The molecule has 2 heteroatoms. The minimum atomic E-state index is 0.790. The van der Waals surface area contributed by atoms with Crippen molar-refractivity contribution in [2.75, 3.05) is 0 Å². The predicted octanol–water partition coefficient (Wildman–Crippen LogP) is 5.90. The average Bonchev–Trinajstić information content (AvgIpc) is 2.43. The largest absolute Gasteiger partial charge is 0.0984 e. The molecule has 0 fully saturated rings.